The summed E-state index contributed by atoms with van der Waals surface area (Å²) in [5, 5.41) is 2.49. The summed E-state index contributed by atoms with van der Waals surface area (Å²) in [4.78, 5) is 45.0. The van der Waals surface area contributed by atoms with Gasteiger partial charge in [-0.1, -0.05) is 18.2 Å². The lowest BCUT2D eigenvalue weighted by molar-refractivity contribution is -0.157. The van der Waals surface area contributed by atoms with E-state index in [1.54, 1.807) is 0 Å². The van der Waals surface area contributed by atoms with Crippen molar-refractivity contribution in [3.63, 3.8) is 0 Å². The predicted octanol–water partition coefficient (Wildman–Crippen LogP) is 1.23. The van der Waals surface area contributed by atoms with E-state index >= 15 is 0 Å². The first-order chi connectivity index (χ1) is 12.7. The molecule has 4 amide bonds. The summed E-state index contributed by atoms with van der Waals surface area (Å²) in [6, 6.07) is 7.01. The number of para-hydroxylation sites is 1. The van der Waals surface area contributed by atoms with Crippen LogP contribution in [-0.4, -0.2) is 65.9 Å². The summed E-state index contributed by atoms with van der Waals surface area (Å²) in [5.74, 6) is -0.860. The molecule has 144 valence electrons. The minimum atomic E-state index is -1.30. The van der Waals surface area contributed by atoms with Crippen LogP contribution in [-0.2, 0) is 16.0 Å². The van der Waals surface area contributed by atoms with Crippen molar-refractivity contribution >= 4 is 23.5 Å². The first-order valence-corrected chi connectivity index (χ1v) is 9.39. The molecule has 0 radical (unpaired) electrons. The monoisotopic (exact) mass is 370 g/mol. The van der Waals surface area contributed by atoms with Gasteiger partial charge in [-0.2, -0.15) is 0 Å². The zero-order chi connectivity index (χ0) is 19.6. The Labute approximate surface area is 159 Å². The average Bonchev–Trinajstić information content (AvgIpc) is 2.58. The van der Waals surface area contributed by atoms with Gasteiger partial charge in [0, 0.05) is 30.9 Å². The van der Waals surface area contributed by atoms with E-state index in [0.29, 0.717) is 13.0 Å². The Hall–Kier alpha value is -2.41. The number of rotatable bonds is 0. The quantitative estimate of drug-likeness (QED) is 0.696. The van der Waals surface area contributed by atoms with Gasteiger partial charge in [0.1, 0.15) is 0 Å². The summed E-state index contributed by atoms with van der Waals surface area (Å²) in [7, 11) is 2.00. The molecule has 1 spiro atoms. The lowest BCUT2D eigenvalue weighted by atomic mass is 9.67. The summed E-state index contributed by atoms with van der Waals surface area (Å²) < 4.78 is 0. The highest BCUT2D eigenvalue weighted by atomic mass is 16.2. The molecule has 2 saturated heterocycles. The second-order valence-corrected chi connectivity index (χ2v) is 8.82. The molecule has 7 heteroatoms. The summed E-state index contributed by atoms with van der Waals surface area (Å²) in [6.07, 6.45) is 0.308. The number of anilines is 1. The van der Waals surface area contributed by atoms with Crippen molar-refractivity contribution in [2.75, 3.05) is 31.6 Å². The molecule has 27 heavy (non-hydrogen) atoms. The van der Waals surface area contributed by atoms with E-state index in [9.17, 15) is 14.4 Å². The Bertz CT molecular complexity index is 831. The van der Waals surface area contributed by atoms with Gasteiger partial charge in [0.25, 0.3) is 0 Å². The van der Waals surface area contributed by atoms with Crippen LogP contribution < -0.4 is 10.2 Å². The Kier molecular flexibility index (Phi) is 3.86. The molecule has 3 aliphatic heterocycles. The van der Waals surface area contributed by atoms with Crippen LogP contribution in [0.5, 0.6) is 0 Å². The lowest BCUT2D eigenvalue weighted by Crippen LogP contribution is -2.76. The van der Waals surface area contributed by atoms with Gasteiger partial charge in [-0.25, -0.2) is 4.79 Å². The molecular weight excluding hydrogens is 344 g/mol. The molecule has 0 unspecified atom stereocenters. The van der Waals surface area contributed by atoms with E-state index in [1.165, 1.54) is 4.90 Å². The van der Waals surface area contributed by atoms with E-state index < -0.39 is 22.9 Å². The minimum Gasteiger partial charge on any atom is -0.364 e. The van der Waals surface area contributed by atoms with Crippen molar-refractivity contribution in [1.82, 2.24) is 15.1 Å². The molecule has 1 aromatic carbocycles. The fourth-order valence-electron chi connectivity index (χ4n) is 4.70. The van der Waals surface area contributed by atoms with Crippen LogP contribution in [0.1, 0.15) is 26.3 Å². The Morgan fingerprint density at radius 2 is 1.81 bits per heavy atom. The van der Waals surface area contributed by atoms with Crippen molar-refractivity contribution in [3.8, 4) is 0 Å². The SMILES string of the molecule is CN1CCN2c3ccccc3C[C@@]3(C(=O)NC(=O)N(C(C)(C)C)C3=O)[C@@H]2C1. The number of piperazine rings is 1. The highest BCUT2D eigenvalue weighted by Gasteiger charge is 2.63. The third kappa shape index (κ3) is 2.48. The van der Waals surface area contributed by atoms with Crippen molar-refractivity contribution in [2.45, 2.75) is 38.8 Å². The fourth-order valence-corrected chi connectivity index (χ4v) is 4.70. The number of urea groups is 1. The van der Waals surface area contributed by atoms with Crippen molar-refractivity contribution in [3.05, 3.63) is 29.8 Å². The molecule has 0 aliphatic carbocycles. The van der Waals surface area contributed by atoms with Gasteiger partial charge in [0.05, 0.1) is 6.04 Å². The van der Waals surface area contributed by atoms with Crippen LogP contribution >= 0.6 is 0 Å². The maximum atomic E-state index is 13.7. The molecule has 4 rings (SSSR count). The number of hydrogen-bond acceptors (Lipinski definition) is 5. The number of nitrogens with zero attached hydrogens (tertiary/aromatic N) is 3. The third-order valence-corrected chi connectivity index (χ3v) is 6.01. The van der Waals surface area contributed by atoms with Gasteiger partial charge in [-0.3, -0.25) is 19.8 Å². The summed E-state index contributed by atoms with van der Waals surface area (Å²) in [5.41, 5.74) is 0.0487. The number of fused-ring (bicyclic) bond motifs is 4. The van der Waals surface area contributed by atoms with Gasteiger partial charge in [0.15, 0.2) is 5.41 Å². The van der Waals surface area contributed by atoms with Crippen LogP contribution in [0.3, 0.4) is 0 Å². The Morgan fingerprint density at radius 3 is 2.52 bits per heavy atom. The predicted molar refractivity (Wildman–Crippen MR) is 101 cm³/mol. The Morgan fingerprint density at radius 1 is 1.11 bits per heavy atom. The smallest absolute Gasteiger partial charge is 0.331 e. The number of carbonyl (C=O) groups is 3. The van der Waals surface area contributed by atoms with Crippen molar-refractivity contribution in [1.29, 1.82) is 0 Å². The van der Waals surface area contributed by atoms with Crippen LogP contribution in [0, 0.1) is 5.41 Å². The maximum absolute atomic E-state index is 13.7. The average molecular weight is 370 g/mol. The van der Waals surface area contributed by atoms with Gasteiger partial charge < -0.3 is 9.80 Å². The molecule has 3 heterocycles. The number of nitrogens with one attached hydrogen (secondary N) is 1. The standard InChI is InChI=1S/C20H26N4O3/c1-19(2,3)24-17(26)20(16(25)21-18(24)27)11-13-7-5-6-8-14(13)23-10-9-22(4)12-15(20)23/h5-8,15H,9-12H2,1-4H3,(H,21,25,27)/t15-,20-/m0/s1. The Balaban J connectivity index is 1.90. The van der Waals surface area contributed by atoms with Crippen molar-refractivity contribution < 1.29 is 14.4 Å². The number of carbonyl (C=O) groups excluding carboxylic acids is 3. The molecule has 7 nitrogen and oxygen atoms in total. The summed E-state index contributed by atoms with van der Waals surface area (Å²) >= 11 is 0. The number of amides is 4. The minimum absolute atomic E-state index is 0.308. The molecule has 2 fully saturated rings. The zero-order valence-corrected chi connectivity index (χ0v) is 16.3. The van der Waals surface area contributed by atoms with Crippen LogP contribution in [0.15, 0.2) is 24.3 Å². The third-order valence-electron chi connectivity index (χ3n) is 6.01. The molecule has 0 bridgehead atoms. The van der Waals surface area contributed by atoms with Gasteiger partial charge in [-0.05, 0) is 45.9 Å². The number of barbiturate groups is 1. The molecule has 1 N–H and O–H groups in total. The number of hydrogen-bond donors (Lipinski definition) is 1. The highest BCUT2D eigenvalue weighted by molar-refractivity contribution is 6.20. The number of benzene rings is 1. The molecule has 3 aliphatic rings. The first kappa shape index (κ1) is 18.0. The molecule has 0 saturated carbocycles. The second kappa shape index (κ2) is 5.79. The van der Waals surface area contributed by atoms with Crippen LogP contribution in [0.4, 0.5) is 10.5 Å². The molecular formula is C20H26N4O3. The van der Waals surface area contributed by atoms with Crippen LogP contribution in [0.2, 0.25) is 0 Å². The highest BCUT2D eigenvalue weighted by Crippen LogP contribution is 2.46. The zero-order valence-electron chi connectivity index (χ0n) is 16.3. The van der Waals surface area contributed by atoms with E-state index in [-0.39, 0.29) is 11.9 Å². The topological polar surface area (TPSA) is 73.0 Å². The largest absolute Gasteiger partial charge is 0.364 e. The van der Waals surface area contributed by atoms with Crippen LogP contribution in [0.25, 0.3) is 0 Å². The van der Waals surface area contributed by atoms with E-state index in [4.69, 9.17) is 0 Å². The summed E-state index contributed by atoms with van der Waals surface area (Å²) in [6.45, 7) is 7.64. The van der Waals surface area contributed by atoms with E-state index in [1.807, 2.05) is 46.0 Å². The number of imide groups is 2. The van der Waals surface area contributed by atoms with Gasteiger partial charge in [0.2, 0.25) is 11.8 Å². The first-order valence-electron chi connectivity index (χ1n) is 9.39. The second-order valence-electron chi connectivity index (χ2n) is 8.82. The molecule has 1 aromatic rings. The van der Waals surface area contributed by atoms with E-state index in [2.05, 4.69) is 21.2 Å². The van der Waals surface area contributed by atoms with E-state index in [0.717, 1.165) is 24.3 Å². The molecule has 0 aromatic heterocycles. The fraction of sp³-hybridized carbons (Fsp3) is 0.550. The normalized spacial score (nSPS) is 28.9. The van der Waals surface area contributed by atoms with Gasteiger partial charge >= 0.3 is 6.03 Å². The lowest BCUT2D eigenvalue weighted by Gasteiger charge is -2.56. The van der Waals surface area contributed by atoms with Crippen molar-refractivity contribution in [2.24, 2.45) is 5.41 Å². The van der Waals surface area contributed by atoms with Gasteiger partial charge in [-0.15, -0.1) is 0 Å². The number of likely N-dealkylation sites (N-methyl/N-ethyl adjacent to an activating group) is 1. The molecule has 2 atom stereocenters. The maximum Gasteiger partial charge on any atom is 0.331 e.